The monoisotopic (exact) mass is 719 g/mol. The van der Waals surface area contributed by atoms with E-state index in [1.165, 1.54) is 4.31 Å². The molecule has 1 unspecified atom stereocenters. The number of hydrogen-bond donors (Lipinski definition) is 1. The van der Waals surface area contributed by atoms with Crippen LogP contribution in [-0.4, -0.2) is 73.0 Å². The Hall–Kier alpha value is -2.44. The Morgan fingerprint density at radius 2 is 1.65 bits per heavy atom. The van der Waals surface area contributed by atoms with E-state index >= 15 is 0 Å². The van der Waals surface area contributed by atoms with Crippen molar-refractivity contribution in [1.82, 2.24) is 9.21 Å². The highest BCUT2D eigenvalue weighted by atomic mass is 32.2. The van der Waals surface area contributed by atoms with Gasteiger partial charge >= 0.3 is 0 Å². The standard InChI is InChI=1S/C37H57N3O7S2/c1-36(2,3)26(22-39(6)49(46,47)30-17-14-18-48-30)21-27(41)19-25-16-13-11-9-7-8-10-12-15-24(33(43)34(38)44)20-29(42)32-31-28(37(31,4)5)23-40(32)35(25)45/h14,17-18,24-26,28,31-32H,7-13,15-16,19-23H2,1-6H3,(H2,38,44)/t24-,25-,26?,28+,31+,32-/m1/s1. The van der Waals surface area contributed by atoms with E-state index in [2.05, 4.69) is 13.8 Å². The molecule has 49 heavy (non-hydrogen) atoms. The molecular formula is C37H57N3O7S2. The molecule has 10 nitrogen and oxygen atoms in total. The predicted molar refractivity (Wildman–Crippen MR) is 190 cm³/mol. The van der Waals surface area contributed by atoms with Crippen molar-refractivity contribution in [3.05, 3.63) is 17.5 Å². The van der Waals surface area contributed by atoms with Gasteiger partial charge in [0, 0.05) is 51.2 Å². The first kappa shape index (κ1) is 39.3. The summed E-state index contributed by atoms with van der Waals surface area (Å²) >= 11 is 1.16. The van der Waals surface area contributed by atoms with E-state index in [-0.39, 0.29) is 76.1 Å². The molecule has 274 valence electrons. The van der Waals surface area contributed by atoms with Crippen LogP contribution in [0.15, 0.2) is 21.7 Å². The third kappa shape index (κ3) is 9.27. The average molecular weight is 720 g/mol. The van der Waals surface area contributed by atoms with Crippen molar-refractivity contribution in [3.63, 3.8) is 0 Å². The first-order chi connectivity index (χ1) is 22.9. The summed E-state index contributed by atoms with van der Waals surface area (Å²) < 4.78 is 28.0. The third-order valence-corrected chi connectivity index (χ3v) is 14.8. The molecule has 3 aliphatic rings. The minimum absolute atomic E-state index is 0.0328. The van der Waals surface area contributed by atoms with Crippen molar-refractivity contribution < 1.29 is 32.4 Å². The minimum Gasteiger partial charge on any atom is -0.363 e. The van der Waals surface area contributed by atoms with Crippen LogP contribution in [0.5, 0.6) is 0 Å². The van der Waals surface area contributed by atoms with Gasteiger partial charge in [-0.25, -0.2) is 8.42 Å². The number of carbonyl (C=O) groups is 5. The number of Topliss-reactive ketones (excluding diaryl/α,β-unsaturated/α-hetero) is 3. The van der Waals surface area contributed by atoms with Crippen molar-refractivity contribution in [2.75, 3.05) is 20.1 Å². The molecule has 3 fully saturated rings. The maximum atomic E-state index is 14.4. The van der Waals surface area contributed by atoms with Gasteiger partial charge in [-0.1, -0.05) is 85.6 Å². The maximum absolute atomic E-state index is 14.4. The molecule has 0 bridgehead atoms. The van der Waals surface area contributed by atoms with Crippen LogP contribution in [-0.2, 0) is 34.0 Å². The van der Waals surface area contributed by atoms with E-state index < -0.39 is 39.6 Å². The molecular weight excluding hydrogens is 663 g/mol. The van der Waals surface area contributed by atoms with Gasteiger partial charge < -0.3 is 10.6 Å². The van der Waals surface area contributed by atoms with Crippen LogP contribution in [0.4, 0.5) is 0 Å². The Labute approximate surface area is 297 Å². The van der Waals surface area contributed by atoms with Gasteiger partial charge in [-0.05, 0) is 52.9 Å². The summed E-state index contributed by atoms with van der Waals surface area (Å²) in [6.45, 7) is 10.8. The van der Waals surface area contributed by atoms with Crippen molar-refractivity contribution in [2.45, 2.75) is 122 Å². The zero-order chi connectivity index (χ0) is 36.3. The van der Waals surface area contributed by atoms with E-state index in [0.29, 0.717) is 19.4 Å². The number of amides is 2. The van der Waals surface area contributed by atoms with Crippen molar-refractivity contribution in [2.24, 2.45) is 46.2 Å². The van der Waals surface area contributed by atoms with E-state index in [1.807, 2.05) is 20.8 Å². The quantitative estimate of drug-likeness (QED) is 0.308. The van der Waals surface area contributed by atoms with Gasteiger partial charge in [0.15, 0.2) is 5.78 Å². The van der Waals surface area contributed by atoms with E-state index in [1.54, 1.807) is 29.5 Å². The normalized spacial score (nSPS) is 27.7. The molecule has 1 aliphatic carbocycles. The number of fused-ring (bicyclic) bond motifs is 3. The predicted octanol–water partition coefficient (Wildman–Crippen LogP) is 5.63. The molecule has 2 N–H and O–H groups in total. The van der Waals surface area contributed by atoms with Gasteiger partial charge in [0.25, 0.3) is 15.9 Å². The molecule has 12 heteroatoms. The molecule has 3 heterocycles. The summed E-state index contributed by atoms with van der Waals surface area (Å²) in [4.78, 5) is 68.7. The first-order valence-electron chi connectivity index (χ1n) is 18.1. The highest BCUT2D eigenvalue weighted by Crippen LogP contribution is 2.65. The molecule has 6 atom stereocenters. The number of rotatable bonds is 10. The number of thiophene rings is 1. The molecule has 2 saturated heterocycles. The molecule has 1 aromatic rings. The number of primary amides is 1. The number of hydrogen-bond acceptors (Lipinski definition) is 8. The van der Waals surface area contributed by atoms with Crippen molar-refractivity contribution in [1.29, 1.82) is 0 Å². The van der Waals surface area contributed by atoms with Crippen molar-refractivity contribution in [3.8, 4) is 0 Å². The van der Waals surface area contributed by atoms with Crippen molar-refractivity contribution >= 4 is 50.5 Å². The summed E-state index contributed by atoms with van der Waals surface area (Å²) in [6, 6.07) is 2.58. The molecule has 2 aliphatic heterocycles. The Morgan fingerprint density at radius 1 is 1.04 bits per heavy atom. The highest BCUT2D eigenvalue weighted by molar-refractivity contribution is 7.91. The van der Waals surface area contributed by atoms with Gasteiger partial charge in [0.2, 0.25) is 11.7 Å². The lowest BCUT2D eigenvalue weighted by Crippen LogP contribution is -2.49. The Bertz CT molecular complexity index is 1480. The fraction of sp³-hybridized carbons (Fsp3) is 0.757. The SMILES string of the molecule is CN(CC(CC(=O)C[C@H]1CCCCCCCCC[C@@H](C(=O)C(N)=O)CC(=O)[C@@H]2[C@@H]3[C@H](CN2C1=O)C3(C)C)C(C)(C)C)S(=O)(=O)c1cccs1. The second-order valence-corrected chi connectivity index (χ2v) is 19.7. The molecule has 0 radical (unpaired) electrons. The number of piperidine rings is 1. The number of nitrogens with two attached hydrogens (primary N) is 1. The van der Waals surface area contributed by atoms with Gasteiger partial charge in [-0.3, -0.25) is 24.0 Å². The largest absolute Gasteiger partial charge is 0.363 e. The lowest BCUT2D eigenvalue weighted by Gasteiger charge is -2.35. The third-order valence-electron chi connectivity index (χ3n) is 11.6. The van der Waals surface area contributed by atoms with E-state index in [9.17, 15) is 32.4 Å². The summed E-state index contributed by atoms with van der Waals surface area (Å²) in [6.07, 6.45) is 7.35. The van der Waals surface area contributed by atoms with Crippen LogP contribution in [0.3, 0.4) is 0 Å². The second-order valence-electron chi connectivity index (χ2n) is 16.5. The summed E-state index contributed by atoms with van der Waals surface area (Å²) in [5, 5.41) is 1.72. The van der Waals surface area contributed by atoms with Crippen LogP contribution < -0.4 is 5.73 Å². The Balaban J connectivity index is 1.55. The zero-order valence-electron chi connectivity index (χ0n) is 30.2. The maximum Gasteiger partial charge on any atom is 0.285 e. The molecule has 2 amide bonds. The average Bonchev–Trinajstić information content (AvgIpc) is 3.48. The zero-order valence-corrected chi connectivity index (χ0v) is 31.9. The molecule has 1 aromatic heterocycles. The second kappa shape index (κ2) is 15.8. The summed E-state index contributed by atoms with van der Waals surface area (Å²) in [5.41, 5.74) is 4.89. The summed E-state index contributed by atoms with van der Waals surface area (Å²) in [5.74, 6) is -3.77. The van der Waals surface area contributed by atoms with E-state index in [0.717, 1.165) is 56.3 Å². The van der Waals surface area contributed by atoms with E-state index in [4.69, 9.17) is 5.73 Å². The smallest absolute Gasteiger partial charge is 0.285 e. The Kier molecular flexibility index (Phi) is 12.7. The van der Waals surface area contributed by atoms with Gasteiger partial charge in [0.1, 0.15) is 9.99 Å². The molecule has 0 spiro atoms. The highest BCUT2D eigenvalue weighted by Gasteiger charge is 2.69. The van der Waals surface area contributed by atoms with Crippen LogP contribution in [0.1, 0.15) is 112 Å². The molecule has 4 rings (SSSR count). The Morgan fingerprint density at radius 3 is 2.22 bits per heavy atom. The fourth-order valence-electron chi connectivity index (χ4n) is 8.24. The van der Waals surface area contributed by atoms with Gasteiger partial charge in [0.05, 0.1) is 6.04 Å². The van der Waals surface area contributed by atoms with Crippen LogP contribution >= 0.6 is 11.3 Å². The fourth-order valence-corrected chi connectivity index (χ4v) is 10.7. The number of carbonyl (C=O) groups excluding carboxylic acids is 5. The number of nitrogens with zero attached hydrogens (tertiary/aromatic N) is 2. The number of sulfonamides is 1. The van der Waals surface area contributed by atoms with Gasteiger partial charge in [-0.15, -0.1) is 11.3 Å². The van der Waals surface area contributed by atoms with Gasteiger partial charge in [-0.2, -0.15) is 4.31 Å². The van der Waals surface area contributed by atoms with Crippen LogP contribution in [0, 0.1) is 40.4 Å². The van der Waals surface area contributed by atoms with Crippen LogP contribution in [0.2, 0.25) is 0 Å². The minimum atomic E-state index is -3.69. The molecule has 1 saturated carbocycles. The number of ketones is 3. The summed E-state index contributed by atoms with van der Waals surface area (Å²) in [7, 11) is -2.15. The first-order valence-corrected chi connectivity index (χ1v) is 20.4. The molecule has 0 aromatic carbocycles. The lowest BCUT2D eigenvalue weighted by molar-refractivity contribution is -0.145. The van der Waals surface area contributed by atoms with Crippen LogP contribution in [0.25, 0.3) is 0 Å². The topological polar surface area (TPSA) is 152 Å². The lowest BCUT2D eigenvalue weighted by atomic mass is 9.76.